The summed E-state index contributed by atoms with van der Waals surface area (Å²) in [5, 5.41) is 11.2. The molecule has 0 aliphatic carbocycles. The van der Waals surface area contributed by atoms with E-state index in [9.17, 15) is 4.39 Å². The van der Waals surface area contributed by atoms with Gasteiger partial charge in [-0.05, 0) is 18.2 Å². The van der Waals surface area contributed by atoms with E-state index in [1.165, 1.54) is 6.07 Å². The van der Waals surface area contributed by atoms with Gasteiger partial charge >= 0.3 is 0 Å². The number of ether oxygens (including phenoxy) is 1. The lowest BCUT2D eigenvalue weighted by atomic mass is 10.1. The van der Waals surface area contributed by atoms with Crippen molar-refractivity contribution < 1.29 is 9.13 Å². The maximum absolute atomic E-state index is 13.1. The van der Waals surface area contributed by atoms with Crippen LogP contribution in [-0.4, -0.2) is 34.0 Å². The van der Waals surface area contributed by atoms with E-state index in [1.54, 1.807) is 18.5 Å². The van der Waals surface area contributed by atoms with Gasteiger partial charge in [0.15, 0.2) is 0 Å². The molecule has 1 unspecified atom stereocenters. The average Bonchev–Trinajstić information content (AvgIpc) is 3.00. The largest absolute Gasteiger partial charge is 0.488 e. The molecule has 0 fully saturated rings. The Morgan fingerprint density at radius 3 is 3.20 bits per heavy atom. The Morgan fingerprint density at radius 1 is 1.50 bits per heavy atom. The van der Waals surface area contributed by atoms with E-state index in [4.69, 9.17) is 4.74 Å². The summed E-state index contributed by atoms with van der Waals surface area (Å²) >= 11 is 0. The van der Waals surface area contributed by atoms with Crippen LogP contribution in [0.15, 0.2) is 24.5 Å². The number of nitrogens with zero attached hydrogens (tertiary/aromatic N) is 3. The highest BCUT2D eigenvalue weighted by Crippen LogP contribution is 2.28. The predicted molar refractivity (Wildman–Crippen MR) is 72.1 cm³/mol. The SMILES string of the molecule is Cn1cnnc1CCNCC1Cc2cc(F)ccc2O1. The van der Waals surface area contributed by atoms with Crippen molar-refractivity contribution in [1.29, 1.82) is 0 Å². The first-order valence-electron chi connectivity index (χ1n) is 6.71. The van der Waals surface area contributed by atoms with Crippen LogP contribution in [0.25, 0.3) is 0 Å². The van der Waals surface area contributed by atoms with Gasteiger partial charge < -0.3 is 14.6 Å². The molecular formula is C14H17FN4O. The molecule has 20 heavy (non-hydrogen) atoms. The smallest absolute Gasteiger partial charge is 0.133 e. The molecule has 1 aromatic carbocycles. The van der Waals surface area contributed by atoms with Crippen LogP contribution in [0.5, 0.6) is 5.75 Å². The van der Waals surface area contributed by atoms with Crippen molar-refractivity contribution in [2.45, 2.75) is 18.9 Å². The summed E-state index contributed by atoms with van der Waals surface area (Å²) in [4.78, 5) is 0. The topological polar surface area (TPSA) is 52.0 Å². The number of fused-ring (bicyclic) bond motifs is 1. The summed E-state index contributed by atoms with van der Waals surface area (Å²) in [5.74, 6) is 1.55. The first kappa shape index (κ1) is 13.1. The van der Waals surface area contributed by atoms with Gasteiger partial charge in [-0.15, -0.1) is 10.2 Å². The third kappa shape index (κ3) is 2.80. The number of rotatable bonds is 5. The van der Waals surface area contributed by atoms with Gasteiger partial charge in [0.05, 0.1) is 0 Å². The maximum Gasteiger partial charge on any atom is 0.133 e. The minimum absolute atomic E-state index is 0.0753. The molecule has 1 aliphatic rings. The number of halogens is 1. The number of aryl methyl sites for hydroxylation is 1. The Labute approximate surface area is 116 Å². The lowest BCUT2D eigenvalue weighted by molar-refractivity contribution is 0.228. The van der Waals surface area contributed by atoms with Crippen LogP contribution < -0.4 is 10.1 Å². The second-order valence-electron chi connectivity index (χ2n) is 5.01. The van der Waals surface area contributed by atoms with Crippen LogP contribution in [0.3, 0.4) is 0 Å². The zero-order valence-electron chi connectivity index (χ0n) is 11.3. The third-order valence-electron chi connectivity index (χ3n) is 3.47. The van der Waals surface area contributed by atoms with E-state index < -0.39 is 0 Å². The van der Waals surface area contributed by atoms with Crippen molar-refractivity contribution in [3.05, 3.63) is 41.7 Å². The van der Waals surface area contributed by atoms with Gasteiger partial charge in [0.1, 0.15) is 29.8 Å². The van der Waals surface area contributed by atoms with E-state index in [0.29, 0.717) is 0 Å². The van der Waals surface area contributed by atoms with Crippen molar-refractivity contribution in [2.75, 3.05) is 13.1 Å². The monoisotopic (exact) mass is 276 g/mol. The van der Waals surface area contributed by atoms with Crippen LogP contribution in [0.2, 0.25) is 0 Å². The molecule has 2 heterocycles. The van der Waals surface area contributed by atoms with Crippen LogP contribution in [0.1, 0.15) is 11.4 Å². The second kappa shape index (κ2) is 5.58. The van der Waals surface area contributed by atoms with E-state index in [2.05, 4.69) is 15.5 Å². The molecule has 0 saturated carbocycles. The minimum atomic E-state index is -0.205. The number of aromatic nitrogens is 3. The Hall–Kier alpha value is -1.95. The molecule has 0 spiro atoms. The third-order valence-corrected chi connectivity index (χ3v) is 3.47. The molecule has 1 aliphatic heterocycles. The fourth-order valence-corrected chi connectivity index (χ4v) is 2.40. The standard InChI is InChI=1S/C14H17FN4O/c1-19-9-17-18-14(19)4-5-16-8-12-7-10-6-11(15)2-3-13(10)20-12/h2-3,6,9,12,16H,4-5,7-8H2,1H3. The zero-order chi connectivity index (χ0) is 13.9. The number of nitrogens with one attached hydrogen (secondary N) is 1. The Bertz CT molecular complexity index is 599. The molecule has 0 radical (unpaired) electrons. The van der Waals surface area contributed by atoms with Crippen molar-refractivity contribution in [3.8, 4) is 5.75 Å². The van der Waals surface area contributed by atoms with Crippen LogP contribution >= 0.6 is 0 Å². The first-order chi connectivity index (χ1) is 9.72. The van der Waals surface area contributed by atoms with Crippen molar-refractivity contribution in [2.24, 2.45) is 7.05 Å². The normalized spacial score (nSPS) is 17.0. The molecule has 1 atom stereocenters. The van der Waals surface area contributed by atoms with Gasteiger partial charge in [0.2, 0.25) is 0 Å². The summed E-state index contributed by atoms with van der Waals surface area (Å²) in [6.45, 7) is 1.56. The molecule has 0 bridgehead atoms. The van der Waals surface area contributed by atoms with Crippen LogP contribution in [0.4, 0.5) is 4.39 Å². The zero-order valence-corrected chi connectivity index (χ0v) is 11.3. The summed E-state index contributed by atoms with van der Waals surface area (Å²) in [7, 11) is 1.93. The van der Waals surface area contributed by atoms with Gasteiger partial charge in [-0.1, -0.05) is 0 Å². The van der Waals surface area contributed by atoms with Crippen LogP contribution in [0, 0.1) is 5.82 Å². The van der Waals surface area contributed by atoms with E-state index in [0.717, 1.165) is 43.1 Å². The highest BCUT2D eigenvalue weighted by molar-refractivity contribution is 5.37. The molecule has 5 nitrogen and oxygen atoms in total. The summed E-state index contributed by atoms with van der Waals surface area (Å²) in [6.07, 6.45) is 3.35. The van der Waals surface area contributed by atoms with Gasteiger partial charge in [0.25, 0.3) is 0 Å². The number of hydrogen-bond acceptors (Lipinski definition) is 4. The molecular weight excluding hydrogens is 259 g/mol. The van der Waals surface area contributed by atoms with Crippen LogP contribution in [-0.2, 0) is 19.9 Å². The predicted octanol–water partition coefficient (Wildman–Crippen LogP) is 1.09. The van der Waals surface area contributed by atoms with Gasteiger partial charge in [0, 0.05) is 38.5 Å². The fourth-order valence-electron chi connectivity index (χ4n) is 2.40. The minimum Gasteiger partial charge on any atom is -0.488 e. The highest BCUT2D eigenvalue weighted by atomic mass is 19.1. The highest BCUT2D eigenvalue weighted by Gasteiger charge is 2.22. The quantitative estimate of drug-likeness (QED) is 0.831. The maximum atomic E-state index is 13.1. The number of hydrogen-bond donors (Lipinski definition) is 1. The Balaban J connectivity index is 1.44. The van der Waals surface area contributed by atoms with E-state index in [-0.39, 0.29) is 11.9 Å². The Morgan fingerprint density at radius 2 is 2.40 bits per heavy atom. The molecule has 0 amide bonds. The van der Waals surface area contributed by atoms with Gasteiger partial charge in [-0.25, -0.2) is 4.39 Å². The molecule has 106 valence electrons. The van der Waals surface area contributed by atoms with E-state index in [1.807, 2.05) is 11.6 Å². The summed E-state index contributed by atoms with van der Waals surface area (Å²) in [5.41, 5.74) is 0.949. The molecule has 0 saturated heterocycles. The van der Waals surface area contributed by atoms with Crippen molar-refractivity contribution in [3.63, 3.8) is 0 Å². The average molecular weight is 276 g/mol. The van der Waals surface area contributed by atoms with Crippen molar-refractivity contribution in [1.82, 2.24) is 20.1 Å². The molecule has 2 aromatic rings. The van der Waals surface area contributed by atoms with Gasteiger partial charge in [-0.2, -0.15) is 0 Å². The van der Waals surface area contributed by atoms with E-state index >= 15 is 0 Å². The Kier molecular flexibility index (Phi) is 3.64. The first-order valence-corrected chi connectivity index (χ1v) is 6.71. The lowest BCUT2D eigenvalue weighted by Crippen LogP contribution is -2.31. The lowest BCUT2D eigenvalue weighted by Gasteiger charge is -2.11. The van der Waals surface area contributed by atoms with Crippen molar-refractivity contribution >= 4 is 0 Å². The summed E-state index contributed by atoms with van der Waals surface area (Å²) < 4.78 is 20.8. The molecule has 6 heteroatoms. The van der Waals surface area contributed by atoms with Gasteiger partial charge in [-0.3, -0.25) is 0 Å². The number of benzene rings is 1. The molecule has 1 aromatic heterocycles. The fraction of sp³-hybridized carbons (Fsp3) is 0.429. The summed E-state index contributed by atoms with van der Waals surface area (Å²) in [6, 6.07) is 4.68. The second-order valence-corrected chi connectivity index (χ2v) is 5.01. The molecule has 3 rings (SSSR count). The molecule has 1 N–H and O–H groups in total.